The van der Waals surface area contributed by atoms with Crippen LogP contribution in [0.1, 0.15) is 220 Å². The minimum atomic E-state index is -4.30. The minimum Gasteiger partial charge on any atom is -0.462 e. The zero-order valence-corrected chi connectivity index (χ0v) is 37.9. The van der Waals surface area contributed by atoms with Crippen LogP contribution < -0.4 is 0 Å². The van der Waals surface area contributed by atoms with Crippen LogP contribution in [-0.4, -0.2) is 42.8 Å². The van der Waals surface area contributed by atoms with E-state index in [0.717, 1.165) is 44.9 Å². The molecule has 0 spiro atoms. The molecule has 1 N–H and O–H groups in total. The van der Waals surface area contributed by atoms with E-state index in [1.165, 1.54) is 135 Å². The predicted octanol–water partition coefficient (Wildman–Crippen LogP) is 15.0. The van der Waals surface area contributed by atoms with Gasteiger partial charge in [-0.05, 0) is 45.4 Å². The number of unbranched alkanes of at least 4 members (excludes halogenated alkanes) is 23. The van der Waals surface area contributed by atoms with Crippen molar-refractivity contribution in [2.45, 2.75) is 226 Å². The van der Waals surface area contributed by atoms with E-state index < -0.39 is 26.5 Å². The Kier molecular flexibility index (Phi) is 42.1. The topological polar surface area (TPSA) is 108 Å². The van der Waals surface area contributed by atoms with Crippen LogP contribution in [0.25, 0.3) is 0 Å². The maximum Gasteiger partial charge on any atom is 0.472 e. The van der Waals surface area contributed by atoms with Crippen LogP contribution in [0.4, 0.5) is 0 Å². The zero-order chi connectivity index (χ0) is 41.8. The Balaban J connectivity index is 3.97. The molecule has 0 aromatic heterocycles. The first-order valence-electron chi connectivity index (χ1n) is 23.4. The van der Waals surface area contributed by atoms with Crippen LogP contribution in [0.15, 0.2) is 48.6 Å². The predicted molar refractivity (Wildman–Crippen MR) is 239 cm³/mol. The Morgan fingerprint density at radius 1 is 0.491 bits per heavy atom. The molecule has 2 atom stereocenters. The average molecular weight is 823 g/mol. The molecule has 0 aromatic carbocycles. The molecule has 0 rings (SSSR count). The van der Waals surface area contributed by atoms with E-state index in [1.54, 1.807) is 6.92 Å². The van der Waals surface area contributed by atoms with Crippen molar-refractivity contribution in [1.29, 1.82) is 0 Å². The van der Waals surface area contributed by atoms with Crippen LogP contribution in [0.5, 0.6) is 0 Å². The Bertz CT molecular complexity index is 1070. The summed E-state index contributed by atoms with van der Waals surface area (Å²) in [4.78, 5) is 34.7. The number of rotatable bonds is 43. The van der Waals surface area contributed by atoms with Crippen molar-refractivity contribution < 1.29 is 37.6 Å². The highest BCUT2D eigenvalue weighted by atomic mass is 31.2. The van der Waals surface area contributed by atoms with E-state index >= 15 is 0 Å². The van der Waals surface area contributed by atoms with Crippen molar-refractivity contribution in [2.24, 2.45) is 0 Å². The number of carbonyl (C=O) groups excluding carboxylic acids is 2. The Hall–Kier alpha value is -1.99. The van der Waals surface area contributed by atoms with Gasteiger partial charge >= 0.3 is 19.8 Å². The lowest BCUT2D eigenvalue weighted by atomic mass is 10.0. The lowest BCUT2D eigenvalue weighted by Crippen LogP contribution is -2.29. The van der Waals surface area contributed by atoms with Crippen molar-refractivity contribution in [2.75, 3.05) is 19.8 Å². The van der Waals surface area contributed by atoms with E-state index in [1.807, 2.05) is 12.2 Å². The molecule has 57 heavy (non-hydrogen) atoms. The SMILES string of the molecule is CC/C=C\C/C=C\C/C=C\C/C=C\CCC(=O)OC(COC(=O)CCCCCCCCCCCCCCCCCCCCCCCCCC)COP(=O)(O)OCC. The number of phosphoric acid groups is 1. The van der Waals surface area contributed by atoms with Gasteiger partial charge in [0.05, 0.1) is 13.2 Å². The molecule has 9 heteroatoms. The van der Waals surface area contributed by atoms with E-state index in [4.69, 9.17) is 18.5 Å². The lowest BCUT2D eigenvalue weighted by Gasteiger charge is -2.19. The zero-order valence-electron chi connectivity index (χ0n) is 37.0. The molecule has 0 saturated heterocycles. The van der Waals surface area contributed by atoms with Crippen molar-refractivity contribution in [1.82, 2.24) is 0 Å². The second-order valence-electron chi connectivity index (χ2n) is 15.4. The molecule has 0 aromatic rings. The molecule has 0 bridgehead atoms. The fraction of sp³-hybridized carbons (Fsp3) is 0.792. The van der Waals surface area contributed by atoms with Gasteiger partial charge in [-0.25, -0.2) is 4.57 Å². The van der Waals surface area contributed by atoms with E-state index in [9.17, 15) is 19.0 Å². The van der Waals surface area contributed by atoms with E-state index in [2.05, 4.69) is 50.3 Å². The van der Waals surface area contributed by atoms with Crippen LogP contribution in [-0.2, 0) is 32.7 Å². The molecular formula is C48H87O8P. The van der Waals surface area contributed by atoms with Gasteiger partial charge in [-0.2, -0.15) is 0 Å². The minimum absolute atomic E-state index is 0.0122. The van der Waals surface area contributed by atoms with Crippen molar-refractivity contribution in [3.8, 4) is 0 Å². The van der Waals surface area contributed by atoms with E-state index in [-0.39, 0.29) is 32.0 Å². The quantitative estimate of drug-likeness (QED) is 0.0280. The maximum absolute atomic E-state index is 12.5. The summed E-state index contributed by atoms with van der Waals surface area (Å²) in [5, 5.41) is 0. The second kappa shape index (κ2) is 43.6. The third-order valence-corrected chi connectivity index (χ3v) is 11.0. The molecule has 8 nitrogen and oxygen atoms in total. The Labute approximate surface area is 350 Å². The summed E-state index contributed by atoms with van der Waals surface area (Å²) in [5.41, 5.74) is 0. The van der Waals surface area contributed by atoms with Gasteiger partial charge in [0, 0.05) is 12.8 Å². The first-order chi connectivity index (χ1) is 27.8. The number of ether oxygens (including phenoxy) is 2. The third-order valence-electron chi connectivity index (χ3n) is 9.91. The Morgan fingerprint density at radius 3 is 1.32 bits per heavy atom. The summed E-state index contributed by atoms with van der Waals surface area (Å²) in [6, 6.07) is 0. The highest BCUT2D eigenvalue weighted by molar-refractivity contribution is 7.47. The van der Waals surface area contributed by atoms with Crippen LogP contribution >= 0.6 is 7.82 Å². The normalized spacial score (nSPS) is 13.7. The number of carbonyl (C=O) groups is 2. The molecule has 2 unspecified atom stereocenters. The maximum atomic E-state index is 12.5. The molecule has 0 aliphatic heterocycles. The van der Waals surface area contributed by atoms with Crippen LogP contribution in [0.3, 0.4) is 0 Å². The molecular weight excluding hydrogens is 735 g/mol. The summed E-state index contributed by atoms with van der Waals surface area (Å²) in [6.45, 7) is 5.30. The van der Waals surface area contributed by atoms with Gasteiger partial charge in [0.1, 0.15) is 6.61 Å². The molecule has 0 aliphatic carbocycles. The number of hydrogen-bond donors (Lipinski definition) is 1. The summed E-state index contributed by atoms with van der Waals surface area (Å²) < 4.78 is 32.6. The average Bonchev–Trinajstić information content (AvgIpc) is 3.19. The summed E-state index contributed by atoms with van der Waals surface area (Å²) in [7, 11) is -4.30. The number of esters is 2. The highest BCUT2D eigenvalue weighted by Crippen LogP contribution is 2.43. The highest BCUT2D eigenvalue weighted by Gasteiger charge is 2.25. The summed E-state index contributed by atoms with van der Waals surface area (Å²) in [5.74, 6) is -0.886. The standard InChI is InChI=1S/C48H87O8P/c1-4-7-9-11-13-15-17-19-20-21-22-23-24-25-26-27-28-29-31-32-34-36-38-40-42-47(49)53-44-46(45-55-57(51,52)54-6-3)56-48(50)43-41-39-37-35-33-30-18-16-14-12-10-8-5-2/h8,10,14,16,30,33,37,39,46H,4-7,9,11-13,15,17-29,31-32,34-36,38,40-45H2,1-3H3,(H,51,52)/b10-8-,16-14-,33-30-,39-37-. The fourth-order valence-corrected chi connectivity index (χ4v) is 7.28. The van der Waals surface area contributed by atoms with Gasteiger partial charge in [0.2, 0.25) is 0 Å². The molecule has 0 radical (unpaired) electrons. The molecule has 0 fully saturated rings. The van der Waals surface area contributed by atoms with Crippen molar-refractivity contribution in [3.05, 3.63) is 48.6 Å². The molecule has 332 valence electrons. The van der Waals surface area contributed by atoms with Gasteiger partial charge in [-0.3, -0.25) is 18.6 Å². The first kappa shape index (κ1) is 55.0. The number of hydrogen-bond acceptors (Lipinski definition) is 7. The largest absolute Gasteiger partial charge is 0.472 e. The van der Waals surface area contributed by atoms with E-state index in [0.29, 0.717) is 6.42 Å². The van der Waals surface area contributed by atoms with Crippen LogP contribution in [0.2, 0.25) is 0 Å². The van der Waals surface area contributed by atoms with Crippen molar-refractivity contribution in [3.63, 3.8) is 0 Å². The first-order valence-corrected chi connectivity index (χ1v) is 24.9. The fourth-order valence-electron chi connectivity index (χ4n) is 6.53. The number of allylic oxidation sites excluding steroid dienone is 8. The van der Waals surface area contributed by atoms with Crippen LogP contribution in [0, 0.1) is 0 Å². The van der Waals surface area contributed by atoms with Gasteiger partial charge in [-0.1, -0.05) is 210 Å². The second-order valence-corrected chi connectivity index (χ2v) is 16.9. The monoisotopic (exact) mass is 823 g/mol. The Morgan fingerprint density at radius 2 is 0.895 bits per heavy atom. The van der Waals surface area contributed by atoms with Gasteiger partial charge in [-0.15, -0.1) is 0 Å². The molecule has 0 saturated carbocycles. The number of phosphoric ester groups is 1. The van der Waals surface area contributed by atoms with Gasteiger partial charge in [0.25, 0.3) is 0 Å². The molecule has 0 amide bonds. The van der Waals surface area contributed by atoms with Gasteiger partial charge < -0.3 is 14.4 Å². The smallest absolute Gasteiger partial charge is 0.462 e. The third kappa shape index (κ3) is 43.4. The lowest BCUT2D eigenvalue weighted by molar-refractivity contribution is -0.161. The summed E-state index contributed by atoms with van der Waals surface area (Å²) >= 11 is 0. The van der Waals surface area contributed by atoms with Gasteiger partial charge in [0.15, 0.2) is 6.10 Å². The molecule has 0 heterocycles. The summed E-state index contributed by atoms with van der Waals surface area (Å²) in [6.07, 6.45) is 52.1. The molecule has 0 aliphatic rings. The van der Waals surface area contributed by atoms with Crippen molar-refractivity contribution >= 4 is 19.8 Å².